The Kier molecular flexibility index (Phi) is 4.91. The van der Waals surface area contributed by atoms with Crippen LogP contribution in [0, 0.1) is 0 Å². The summed E-state index contributed by atoms with van der Waals surface area (Å²) in [6.07, 6.45) is -2.92. The largest absolute Gasteiger partial charge is 0.394 e. The van der Waals surface area contributed by atoms with Crippen molar-refractivity contribution in [3.8, 4) is 0 Å². The van der Waals surface area contributed by atoms with Crippen LogP contribution in [0.25, 0.3) is 21.9 Å². The first-order valence-corrected chi connectivity index (χ1v) is 9.90. The Morgan fingerprint density at radius 3 is 2.68 bits per heavy atom. The average Bonchev–Trinajstić information content (AvgIpc) is 3.33. The normalized spacial score (nSPS) is 23.6. The Hall–Kier alpha value is -3.31. The lowest BCUT2D eigenvalue weighted by Crippen LogP contribution is -2.33. The summed E-state index contributed by atoms with van der Waals surface area (Å²) in [6.45, 7) is 0.0601. The smallest absolute Gasteiger partial charge is 0.227 e. The zero-order valence-corrected chi connectivity index (χ0v) is 16.5. The third-order valence-corrected chi connectivity index (χ3v) is 5.56. The number of aliphatic hydroxyl groups is 3. The van der Waals surface area contributed by atoms with E-state index >= 15 is 0 Å². The van der Waals surface area contributed by atoms with E-state index in [0.29, 0.717) is 23.7 Å². The van der Waals surface area contributed by atoms with Gasteiger partial charge in [-0.1, -0.05) is 42.5 Å². The predicted octanol–water partition coefficient (Wildman–Crippen LogP) is 0.785. The van der Waals surface area contributed by atoms with E-state index in [4.69, 9.17) is 10.5 Å². The van der Waals surface area contributed by atoms with Crippen molar-refractivity contribution < 1.29 is 20.1 Å². The van der Waals surface area contributed by atoms with Crippen LogP contribution in [0.3, 0.4) is 0 Å². The molecule has 3 heterocycles. The van der Waals surface area contributed by atoms with E-state index in [1.807, 2.05) is 24.3 Å². The fourth-order valence-corrected chi connectivity index (χ4v) is 3.93. The summed E-state index contributed by atoms with van der Waals surface area (Å²) in [5.41, 5.74) is 7.87. The third-order valence-electron chi connectivity index (χ3n) is 5.56. The number of nitrogens with zero attached hydrogens (tertiary/aromatic N) is 4. The van der Waals surface area contributed by atoms with Gasteiger partial charge in [-0.25, -0.2) is 4.98 Å². The van der Waals surface area contributed by atoms with E-state index in [9.17, 15) is 15.3 Å². The molecular weight excluding hydrogens is 400 g/mol. The van der Waals surface area contributed by atoms with Gasteiger partial charge in [-0.05, 0) is 16.3 Å². The van der Waals surface area contributed by atoms with Gasteiger partial charge in [0.2, 0.25) is 5.95 Å². The molecule has 5 rings (SSSR count). The molecule has 0 aliphatic carbocycles. The minimum Gasteiger partial charge on any atom is -0.394 e. The number of nitrogen functional groups attached to an aromatic ring is 1. The van der Waals surface area contributed by atoms with E-state index in [0.717, 1.165) is 16.3 Å². The summed E-state index contributed by atoms with van der Waals surface area (Å²) < 4.78 is 7.08. The number of aliphatic hydroxyl groups excluding tert-OH is 3. The minimum atomic E-state index is -1.25. The first-order chi connectivity index (χ1) is 15.1. The molecule has 4 aromatic rings. The van der Waals surface area contributed by atoms with Crippen LogP contribution in [-0.4, -0.2) is 59.8 Å². The zero-order chi connectivity index (χ0) is 21.5. The van der Waals surface area contributed by atoms with Gasteiger partial charge in [-0.15, -0.1) is 0 Å². The third kappa shape index (κ3) is 3.35. The number of hydrogen-bond donors (Lipinski definition) is 5. The standard InChI is InChI=1S/C21H22N6O4/c22-18-15-19(27(10-24-15)20-17(30)16(29)14(9-28)31-20)26-21(25-18)23-8-12-6-3-5-11-4-1-2-7-13(11)12/h1-7,10,14,16-17,20,28-30H,8-9H2,(H3,22,23,25,26)/t14-,16-,17-,20-/m1/s1. The Bertz CT molecular complexity index is 1240. The Labute approximate surface area is 176 Å². The highest BCUT2D eigenvalue weighted by Gasteiger charge is 2.44. The van der Waals surface area contributed by atoms with Crippen molar-refractivity contribution in [2.24, 2.45) is 0 Å². The Morgan fingerprint density at radius 2 is 1.87 bits per heavy atom. The number of nitrogens with two attached hydrogens (primary N) is 1. The molecule has 0 amide bonds. The van der Waals surface area contributed by atoms with Crippen molar-refractivity contribution in [1.82, 2.24) is 19.5 Å². The van der Waals surface area contributed by atoms with Crippen molar-refractivity contribution in [2.45, 2.75) is 31.1 Å². The molecule has 10 nitrogen and oxygen atoms in total. The van der Waals surface area contributed by atoms with Crippen LogP contribution in [0.1, 0.15) is 11.8 Å². The summed E-state index contributed by atoms with van der Waals surface area (Å²) in [7, 11) is 0. The van der Waals surface area contributed by atoms with Crippen LogP contribution in [0.2, 0.25) is 0 Å². The van der Waals surface area contributed by atoms with E-state index < -0.39 is 31.1 Å². The maximum absolute atomic E-state index is 10.4. The Morgan fingerprint density at radius 1 is 1.06 bits per heavy atom. The molecule has 2 aromatic heterocycles. The first-order valence-electron chi connectivity index (χ1n) is 9.90. The van der Waals surface area contributed by atoms with E-state index in [1.54, 1.807) is 0 Å². The fourth-order valence-electron chi connectivity index (χ4n) is 3.93. The number of aromatic nitrogens is 4. The van der Waals surface area contributed by atoms with E-state index in [2.05, 4.69) is 38.5 Å². The molecule has 160 valence electrons. The highest BCUT2D eigenvalue weighted by molar-refractivity contribution is 5.86. The number of fused-ring (bicyclic) bond motifs is 2. The lowest BCUT2D eigenvalue weighted by molar-refractivity contribution is -0.0511. The second kappa shape index (κ2) is 7.75. The van der Waals surface area contributed by atoms with Gasteiger partial charge < -0.3 is 31.1 Å². The van der Waals surface area contributed by atoms with Gasteiger partial charge >= 0.3 is 0 Å². The number of benzene rings is 2. The first kappa shape index (κ1) is 19.6. The molecule has 0 bridgehead atoms. The molecule has 2 aromatic carbocycles. The van der Waals surface area contributed by atoms with Crippen LogP contribution in [0.15, 0.2) is 48.8 Å². The molecule has 1 aliphatic heterocycles. The quantitative estimate of drug-likeness (QED) is 0.314. The summed E-state index contributed by atoms with van der Waals surface area (Å²) in [5, 5.41) is 35.2. The van der Waals surface area contributed by atoms with Gasteiger partial charge in [-0.2, -0.15) is 9.97 Å². The van der Waals surface area contributed by atoms with Crippen LogP contribution in [-0.2, 0) is 11.3 Å². The second-order valence-electron chi connectivity index (χ2n) is 7.48. The lowest BCUT2D eigenvalue weighted by Gasteiger charge is -2.17. The van der Waals surface area contributed by atoms with E-state index in [1.165, 1.54) is 10.9 Å². The number of ether oxygens (including phenoxy) is 1. The van der Waals surface area contributed by atoms with Gasteiger partial charge in [0.15, 0.2) is 17.7 Å². The summed E-state index contributed by atoms with van der Waals surface area (Å²) >= 11 is 0. The number of nitrogens with one attached hydrogen (secondary N) is 1. The molecule has 0 spiro atoms. The Balaban J connectivity index is 1.46. The van der Waals surface area contributed by atoms with Crippen LogP contribution < -0.4 is 11.1 Å². The molecular formula is C21H22N6O4. The topological polar surface area (TPSA) is 152 Å². The van der Waals surface area contributed by atoms with Crippen molar-refractivity contribution in [1.29, 1.82) is 0 Å². The molecule has 4 atom stereocenters. The monoisotopic (exact) mass is 422 g/mol. The van der Waals surface area contributed by atoms with Gasteiger partial charge in [0.1, 0.15) is 23.8 Å². The highest BCUT2D eigenvalue weighted by atomic mass is 16.6. The molecule has 0 unspecified atom stereocenters. The molecule has 1 fully saturated rings. The van der Waals surface area contributed by atoms with E-state index in [-0.39, 0.29) is 5.82 Å². The predicted molar refractivity (Wildman–Crippen MR) is 114 cm³/mol. The van der Waals surface area contributed by atoms with Gasteiger partial charge in [0, 0.05) is 6.54 Å². The number of hydrogen-bond acceptors (Lipinski definition) is 9. The SMILES string of the molecule is Nc1nc(NCc2cccc3ccccc23)nc2c1ncn2[C@@H]1O[C@H](CO)[C@@H](O)[C@H]1O. The van der Waals surface area contributed by atoms with Crippen molar-refractivity contribution in [2.75, 3.05) is 17.7 Å². The van der Waals surface area contributed by atoms with Gasteiger partial charge in [0.05, 0.1) is 12.9 Å². The molecule has 1 saturated heterocycles. The summed E-state index contributed by atoms with van der Waals surface area (Å²) in [4.78, 5) is 13.0. The zero-order valence-electron chi connectivity index (χ0n) is 16.5. The summed E-state index contributed by atoms with van der Waals surface area (Å²) in [5.74, 6) is 0.474. The molecule has 10 heteroatoms. The molecule has 0 saturated carbocycles. The second-order valence-corrected chi connectivity index (χ2v) is 7.48. The van der Waals surface area contributed by atoms with Crippen molar-refractivity contribution >= 4 is 33.7 Å². The molecule has 0 radical (unpaired) electrons. The number of imidazole rings is 1. The van der Waals surface area contributed by atoms with Crippen LogP contribution in [0.5, 0.6) is 0 Å². The van der Waals surface area contributed by atoms with Crippen molar-refractivity contribution in [3.05, 3.63) is 54.4 Å². The molecule has 6 N–H and O–H groups in total. The van der Waals surface area contributed by atoms with Crippen LogP contribution >= 0.6 is 0 Å². The molecule has 31 heavy (non-hydrogen) atoms. The van der Waals surface area contributed by atoms with Crippen LogP contribution in [0.4, 0.5) is 11.8 Å². The van der Waals surface area contributed by atoms with Gasteiger partial charge in [0.25, 0.3) is 0 Å². The number of rotatable bonds is 5. The highest BCUT2D eigenvalue weighted by Crippen LogP contribution is 2.32. The maximum Gasteiger partial charge on any atom is 0.227 e. The maximum atomic E-state index is 10.4. The lowest BCUT2D eigenvalue weighted by atomic mass is 10.0. The average molecular weight is 422 g/mol. The van der Waals surface area contributed by atoms with Crippen molar-refractivity contribution in [3.63, 3.8) is 0 Å². The summed E-state index contributed by atoms with van der Waals surface area (Å²) in [6, 6.07) is 14.2. The number of anilines is 2. The minimum absolute atomic E-state index is 0.177. The fraction of sp³-hybridized carbons (Fsp3) is 0.286. The van der Waals surface area contributed by atoms with Gasteiger partial charge in [-0.3, -0.25) is 4.57 Å². The molecule has 1 aliphatic rings.